The van der Waals surface area contributed by atoms with Gasteiger partial charge in [-0.05, 0) is 43.3 Å². The number of hydrogen-bond donors (Lipinski definition) is 0. The van der Waals surface area contributed by atoms with Gasteiger partial charge in [0.05, 0.1) is 13.4 Å². The van der Waals surface area contributed by atoms with Crippen molar-refractivity contribution in [1.82, 2.24) is 9.80 Å². The molecule has 1 saturated heterocycles. The maximum atomic E-state index is 12.8. The summed E-state index contributed by atoms with van der Waals surface area (Å²) >= 11 is 3.54. The van der Waals surface area contributed by atoms with Gasteiger partial charge >= 0.3 is 0 Å². The molecule has 2 aromatic carbocycles. The Morgan fingerprint density at radius 2 is 1.93 bits per heavy atom. The summed E-state index contributed by atoms with van der Waals surface area (Å²) in [6, 6.07) is 12.1. The number of ether oxygens (including phenoxy) is 1. The van der Waals surface area contributed by atoms with Gasteiger partial charge in [0.15, 0.2) is 0 Å². The van der Waals surface area contributed by atoms with E-state index in [0.717, 1.165) is 63.9 Å². The molecule has 0 spiro atoms. The first kappa shape index (κ1) is 20.7. The Labute approximate surface area is 185 Å². The highest BCUT2D eigenvalue weighted by Crippen LogP contribution is 2.38. The van der Waals surface area contributed by atoms with Crippen LogP contribution in [-0.2, 0) is 4.79 Å². The number of carbonyl (C=O) groups excluding carboxylic acids is 1. The van der Waals surface area contributed by atoms with Crippen molar-refractivity contribution in [2.45, 2.75) is 6.92 Å². The van der Waals surface area contributed by atoms with Crippen LogP contribution in [0.3, 0.4) is 0 Å². The number of likely N-dealkylation sites (N-methyl/N-ethyl adjacent to an activating group) is 1. The molecular weight excluding hydrogens is 444 g/mol. The third-order valence-electron chi connectivity index (χ3n) is 5.61. The SMILES string of the molecule is COc1cc2occ(-c3cccc(Br)c3)c2cc1/C(C)=C/C(=O)N1CCN(C)CC1. The number of furan rings is 1. The molecule has 0 aliphatic carbocycles. The van der Waals surface area contributed by atoms with Gasteiger partial charge in [-0.1, -0.05) is 28.1 Å². The van der Waals surface area contributed by atoms with Gasteiger partial charge in [-0.2, -0.15) is 0 Å². The number of piperazine rings is 1. The van der Waals surface area contributed by atoms with Crippen LogP contribution in [-0.4, -0.2) is 56.0 Å². The van der Waals surface area contributed by atoms with Gasteiger partial charge in [-0.25, -0.2) is 0 Å². The molecule has 0 radical (unpaired) electrons. The second-order valence-corrected chi connectivity index (χ2v) is 8.58. The number of amides is 1. The third kappa shape index (κ3) is 4.16. The number of halogens is 1. The number of hydrogen-bond acceptors (Lipinski definition) is 4. The van der Waals surface area contributed by atoms with Crippen LogP contribution < -0.4 is 4.74 Å². The van der Waals surface area contributed by atoms with Gasteiger partial charge in [-0.3, -0.25) is 4.79 Å². The summed E-state index contributed by atoms with van der Waals surface area (Å²) in [6.45, 7) is 5.27. The Bertz CT molecular complexity index is 1110. The highest BCUT2D eigenvalue weighted by molar-refractivity contribution is 9.10. The average Bonchev–Trinajstić information content (AvgIpc) is 3.16. The second kappa shape index (κ2) is 8.66. The molecule has 0 saturated carbocycles. The highest BCUT2D eigenvalue weighted by atomic mass is 79.9. The first-order chi connectivity index (χ1) is 14.5. The molecule has 6 heteroatoms. The van der Waals surface area contributed by atoms with Crippen LogP contribution in [0.25, 0.3) is 27.7 Å². The van der Waals surface area contributed by atoms with E-state index in [1.165, 1.54) is 0 Å². The third-order valence-corrected chi connectivity index (χ3v) is 6.10. The Kier molecular flexibility index (Phi) is 5.97. The van der Waals surface area contributed by atoms with Crippen molar-refractivity contribution in [3.63, 3.8) is 0 Å². The number of nitrogens with zero attached hydrogens (tertiary/aromatic N) is 2. The number of fused-ring (bicyclic) bond motifs is 1. The quantitative estimate of drug-likeness (QED) is 0.502. The van der Waals surface area contributed by atoms with E-state index < -0.39 is 0 Å². The molecular formula is C24H25BrN2O3. The summed E-state index contributed by atoms with van der Waals surface area (Å²) in [5.41, 5.74) is 4.59. The van der Waals surface area contributed by atoms with Crippen molar-refractivity contribution in [3.05, 3.63) is 58.8 Å². The zero-order valence-electron chi connectivity index (χ0n) is 17.4. The van der Waals surface area contributed by atoms with Gasteiger partial charge in [0, 0.05) is 59.3 Å². The van der Waals surface area contributed by atoms with E-state index in [4.69, 9.17) is 9.15 Å². The first-order valence-corrected chi connectivity index (χ1v) is 10.8. The molecule has 0 atom stereocenters. The Morgan fingerprint density at radius 3 is 2.63 bits per heavy atom. The average molecular weight is 469 g/mol. The molecule has 5 nitrogen and oxygen atoms in total. The number of allylic oxidation sites excluding steroid dienone is 1. The molecule has 1 aliphatic heterocycles. The van der Waals surface area contributed by atoms with Gasteiger partial charge in [0.1, 0.15) is 11.3 Å². The maximum absolute atomic E-state index is 12.8. The van der Waals surface area contributed by atoms with E-state index in [1.54, 1.807) is 19.4 Å². The lowest BCUT2D eigenvalue weighted by Crippen LogP contribution is -2.46. The van der Waals surface area contributed by atoms with Crippen molar-refractivity contribution in [3.8, 4) is 16.9 Å². The van der Waals surface area contributed by atoms with E-state index in [9.17, 15) is 4.79 Å². The van der Waals surface area contributed by atoms with Crippen molar-refractivity contribution < 1.29 is 13.9 Å². The fraction of sp³-hybridized carbons (Fsp3) is 0.292. The summed E-state index contributed by atoms with van der Waals surface area (Å²) in [6.07, 6.45) is 3.48. The lowest BCUT2D eigenvalue weighted by atomic mass is 9.99. The molecule has 3 aromatic rings. The van der Waals surface area contributed by atoms with E-state index in [2.05, 4.69) is 46.1 Å². The lowest BCUT2D eigenvalue weighted by Gasteiger charge is -2.31. The zero-order valence-corrected chi connectivity index (χ0v) is 19.0. The maximum Gasteiger partial charge on any atom is 0.246 e. The number of methoxy groups -OCH3 is 1. The number of rotatable bonds is 4. The standard InChI is InChI=1S/C24H25BrN2O3/c1-16(11-24(28)27-9-7-26(2)8-10-27)19-13-20-21(17-5-4-6-18(25)12-17)15-30-23(20)14-22(19)29-3/h4-6,11-15H,7-10H2,1-3H3/b16-11+. The molecule has 0 N–H and O–H groups in total. The van der Waals surface area contributed by atoms with Gasteiger partial charge in [0.25, 0.3) is 0 Å². The van der Waals surface area contributed by atoms with Crippen molar-refractivity contribution in [2.75, 3.05) is 40.3 Å². The molecule has 4 rings (SSSR count). The van der Waals surface area contributed by atoms with E-state index in [1.807, 2.05) is 30.0 Å². The fourth-order valence-electron chi connectivity index (χ4n) is 3.79. The normalized spacial score (nSPS) is 15.6. The molecule has 30 heavy (non-hydrogen) atoms. The monoisotopic (exact) mass is 468 g/mol. The van der Waals surface area contributed by atoms with Crippen LogP contribution >= 0.6 is 15.9 Å². The topological polar surface area (TPSA) is 45.9 Å². The van der Waals surface area contributed by atoms with Gasteiger partial charge < -0.3 is 19.0 Å². The van der Waals surface area contributed by atoms with Crippen LogP contribution in [0.2, 0.25) is 0 Å². The predicted molar refractivity (Wildman–Crippen MR) is 124 cm³/mol. The minimum atomic E-state index is 0.0437. The Morgan fingerprint density at radius 1 is 1.17 bits per heavy atom. The van der Waals surface area contributed by atoms with Crippen molar-refractivity contribution in [2.24, 2.45) is 0 Å². The van der Waals surface area contributed by atoms with Crippen LogP contribution in [0.5, 0.6) is 5.75 Å². The smallest absolute Gasteiger partial charge is 0.246 e. The second-order valence-electron chi connectivity index (χ2n) is 7.66. The van der Waals surface area contributed by atoms with E-state index >= 15 is 0 Å². The van der Waals surface area contributed by atoms with Crippen LogP contribution in [0.4, 0.5) is 0 Å². The molecule has 0 bridgehead atoms. The number of benzene rings is 2. The van der Waals surface area contributed by atoms with Gasteiger partial charge in [-0.15, -0.1) is 0 Å². The summed E-state index contributed by atoms with van der Waals surface area (Å²) in [7, 11) is 3.72. The molecule has 1 amide bonds. The van der Waals surface area contributed by atoms with Crippen LogP contribution in [0.15, 0.2) is 57.6 Å². The van der Waals surface area contributed by atoms with Crippen molar-refractivity contribution >= 4 is 38.4 Å². The van der Waals surface area contributed by atoms with Crippen molar-refractivity contribution in [1.29, 1.82) is 0 Å². The summed E-state index contributed by atoms with van der Waals surface area (Å²) in [4.78, 5) is 16.9. The number of carbonyl (C=O) groups is 1. The first-order valence-electron chi connectivity index (χ1n) is 9.97. The molecule has 1 fully saturated rings. The van der Waals surface area contributed by atoms with E-state index in [-0.39, 0.29) is 5.91 Å². The minimum Gasteiger partial charge on any atom is -0.496 e. The van der Waals surface area contributed by atoms with Crippen LogP contribution in [0, 0.1) is 0 Å². The molecule has 156 valence electrons. The largest absolute Gasteiger partial charge is 0.496 e. The predicted octanol–water partition coefficient (Wildman–Crippen LogP) is 5.05. The summed E-state index contributed by atoms with van der Waals surface area (Å²) in [5.74, 6) is 0.736. The lowest BCUT2D eigenvalue weighted by molar-refractivity contribution is -0.127. The summed E-state index contributed by atoms with van der Waals surface area (Å²) in [5, 5.41) is 0.990. The highest BCUT2D eigenvalue weighted by Gasteiger charge is 2.19. The van der Waals surface area contributed by atoms with Crippen LogP contribution in [0.1, 0.15) is 12.5 Å². The summed E-state index contributed by atoms with van der Waals surface area (Å²) < 4.78 is 12.4. The minimum absolute atomic E-state index is 0.0437. The van der Waals surface area contributed by atoms with Gasteiger partial charge in [0.2, 0.25) is 5.91 Å². The Balaban J connectivity index is 1.72. The Hall–Kier alpha value is -2.57. The molecule has 1 aliphatic rings. The fourth-order valence-corrected chi connectivity index (χ4v) is 4.19. The molecule has 2 heterocycles. The molecule has 0 unspecified atom stereocenters. The van der Waals surface area contributed by atoms with E-state index in [0.29, 0.717) is 5.75 Å². The molecule has 1 aromatic heterocycles. The zero-order chi connectivity index (χ0) is 21.3.